The first-order valence-electron chi connectivity index (χ1n) is 5.54. The molecule has 1 saturated heterocycles. The van der Waals surface area contributed by atoms with Gasteiger partial charge in [0.2, 0.25) is 5.88 Å². The molecule has 1 fully saturated rings. The van der Waals surface area contributed by atoms with Crippen molar-refractivity contribution >= 4 is 21.7 Å². The van der Waals surface area contributed by atoms with Crippen LogP contribution in [0.1, 0.15) is 5.82 Å². The average molecular weight is 302 g/mol. The number of alkyl halides is 1. The maximum Gasteiger partial charge on any atom is 0.218 e. The Balaban J connectivity index is 2.27. The molecule has 0 radical (unpaired) electrons. The Morgan fingerprint density at radius 2 is 2.41 bits per heavy atom. The Hall–Kier alpha value is -0.880. The van der Waals surface area contributed by atoms with E-state index in [1.807, 2.05) is 13.0 Å². The van der Waals surface area contributed by atoms with Gasteiger partial charge in [0.05, 0.1) is 26.4 Å². The van der Waals surface area contributed by atoms with Crippen LogP contribution in [-0.2, 0) is 4.74 Å². The van der Waals surface area contributed by atoms with Crippen molar-refractivity contribution in [3.05, 3.63) is 11.9 Å². The molecule has 0 N–H and O–H groups in total. The zero-order valence-corrected chi connectivity index (χ0v) is 11.6. The van der Waals surface area contributed by atoms with E-state index in [0.29, 0.717) is 11.9 Å². The van der Waals surface area contributed by atoms with Gasteiger partial charge in [-0.25, -0.2) is 4.98 Å². The fraction of sp³-hybridized carbons (Fsp3) is 0.636. The lowest BCUT2D eigenvalue weighted by atomic mass is 10.2. The van der Waals surface area contributed by atoms with Crippen molar-refractivity contribution in [2.45, 2.75) is 13.0 Å². The van der Waals surface area contributed by atoms with Gasteiger partial charge in [0.1, 0.15) is 11.6 Å². The van der Waals surface area contributed by atoms with Crippen molar-refractivity contribution in [2.75, 3.05) is 37.1 Å². The van der Waals surface area contributed by atoms with Gasteiger partial charge in [-0.15, -0.1) is 0 Å². The number of hydrogen-bond acceptors (Lipinski definition) is 5. The minimum atomic E-state index is 0.308. The van der Waals surface area contributed by atoms with Crippen LogP contribution in [0.3, 0.4) is 0 Å². The van der Waals surface area contributed by atoms with Crippen LogP contribution in [0.5, 0.6) is 5.88 Å². The smallest absolute Gasteiger partial charge is 0.218 e. The van der Waals surface area contributed by atoms with E-state index >= 15 is 0 Å². The maximum atomic E-state index is 5.47. The molecule has 1 aromatic rings. The van der Waals surface area contributed by atoms with Crippen LogP contribution in [-0.4, -0.2) is 48.2 Å². The lowest BCUT2D eigenvalue weighted by molar-refractivity contribution is 0.0999. The summed E-state index contributed by atoms with van der Waals surface area (Å²) in [5, 5.41) is 0.859. The lowest BCUT2D eigenvalue weighted by Crippen LogP contribution is -2.47. The van der Waals surface area contributed by atoms with Crippen LogP contribution in [0.2, 0.25) is 0 Å². The van der Waals surface area contributed by atoms with Gasteiger partial charge in [-0.2, -0.15) is 4.98 Å². The average Bonchev–Trinajstić information content (AvgIpc) is 2.37. The van der Waals surface area contributed by atoms with Crippen LogP contribution in [0.4, 0.5) is 5.82 Å². The summed E-state index contributed by atoms with van der Waals surface area (Å²) in [6.07, 6.45) is 0. The third-order valence-corrected chi connectivity index (χ3v) is 3.46. The van der Waals surface area contributed by atoms with E-state index in [1.54, 1.807) is 7.11 Å². The summed E-state index contributed by atoms with van der Waals surface area (Å²) >= 11 is 3.51. The van der Waals surface area contributed by atoms with Crippen LogP contribution < -0.4 is 9.64 Å². The van der Waals surface area contributed by atoms with Gasteiger partial charge in [-0.05, 0) is 6.92 Å². The molecule has 0 aliphatic carbocycles. The lowest BCUT2D eigenvalue weighted by Gasteiger charge is -2.35. The van der Waals surface area contributed by atoms with Crippen LogP contribution in [0.25, 0.3) is 0 Å². The predicted molar refractivity (Wildman–Crippen MR) is 69.1 cm³/mol. The molecular weight excluding hydrogens is 286 g/mol. The molecule has 17 heavy (non-hydrogen) atoms. The third kappa shape index (κ3) is 2.87. The van der Waals surface area contributed by atoms with Crippen molar-refractivity contribution in [2.24, 2.45) is 0 Å². The fourth-order valence-electron chi connectivity index (χ4n) is 1.86. The highest BCUT2D eigenvalue weighted by molar-refractivity contribution is 9.09. The summed E-state index contributed by atoms with van der Waals surface area (Å²) in [5.74, 6) is 2.23. The monoisotopic (exact) mass is 301 g/mol. The summed E-state index contributed by atoms with van der Waals surface area (Å²) in [5.41, 5.74) is 0. The zero-order valence-electron chi connectivity index (χ0n) is 10.0. The number of aryl methyl sites for hydroxylation is 1. The van der Waals surface area contributed by atoms with E-state index in [0.717, 1.165) is 36.7 Å². The minimum Gasteiger partial charge on any atom is -0.481 e. The Bertz CT molecular complexity index is 389. The Morgan fingerprint density at radius 1 is 1.59 bits per heavy atom. The first-order chi connectivity index (χ1) is 8.24. The van der Waals surface area contributed by atoms with Gasteiger partial charge in [-0.3, -0.25) is 0 Å². The van der Waals surface area contributed by atoms with Crippen LogP contribution >= 0.6 is 15.9 Å². The molecule has 1 aromatic heterocycles. The third-order valence-electron chi connectivity index (χ3n) is 2.71. The molecule has 0 saturated carbocycles. The molecule has 1 atom stereocenters. The molecule has 6 heteroatoms. The number of aromatic nitrogens is 2. The van der Waals surface area contributed by atoms with E-state index in [4.69, 9.17) is 9.47 Å². The highest BCUT2D eigenvalue weighted by atomic mass is 79.9. The fourth-order valence-corrected chi connectivity index (χ4v) is 2.40. The van der Waals surface area contributed by atoms with Crippen molar-refractivity contribution in [3.8, 4) is 5.88 Å². The molecule has 1 unspecified atom stereocenters. The SMILES string of the molecule is COc1cc(N2CCOCC2CBr)nc(C)n1. The first-order valence-corrected chi connectivity index (χ1v) is 6.66. The number of morpholine rings is 1. The summed E-state index contributed by atoms with van der Waals surface area (Å²) in [6.45, 7) is 4.16. The van der Waals surface area contributed by atoms with Crippen molar-refractivity contribution < 1.29 is 9.47 Å². The quantitative estimate of drug-likeness (QED) is 0.790. The predicted octanol–water partition coefficient (Wildman–Crippen LogP) is 1.39. The number of nitrogens with zero attached hydrogens (tertiary/aromatic N) is 3. The van der Waals surface area contributed by atoms with Gasteiger partial charge < -0.3 is 14.4 Å². The molecule has 2 heterocycles. The maximum absolute atomic E-state index is 5.47. The van der Waals surface area contributed by atoms with E-state index in [-0.39, 0.29) is 0 Å². The van der Waals surface area contributed by atoms with E-state index in [1.165, 1.54) is 0 Å². The number of anilines is 1. The number of halogens is 1. The largest absolute Gasteiger partial charge is 0.481 e. The van der Waals surface area contributed by atoms with Crippen molar-refractivity contribution in [1.82, 2.24) is 9.97 Å². The minimum absolute atomic E-state index is 0.308. The van der Waals surface area contributed by atoms with E-state index < -0.39 is 0 Å². The Labute approximate surface area is 109 Å². The van der Waals surface area contributed by atoms with Gasteiger partial charge in [-0.1, -0.05) is 15.9 Å². The molecule has 1 aliphatic heterocycles. The highest BCUT2D eigenvalue weighted by Gasteiger charge is 2.24. The number of hydrogen-bond donors (Lipinski definition) is 0. The Morgan fingerprint density at radius 3 is 3.12 bits per heavy atom. The summed E-state index contributed by atoms with van der Waals surface area (Å²) in [6, 6.07) is 2.18. The zero-order chi connectivity index (χ0) is 12.3. The molecule has 94 valence electrons. The van der Waals surface area contributed by atoms with Crippen molar-refractivity contribution in [3.63, 3.8) is 0 Å². The van der Waals surface area contributed by atoms with Gasteiger partial charge in [0.25, 0.3) is 0 Å². The number of ether oxygens (including phenoxy) is 2. The molecule has 0 spiro atoms. The molecule has 5 nitrogen and oxygen atoms in total. The Kier molecular flexibility index (Phi) is 4.17. The highest BCUT2D eigenvalue weighted by Crippen LogP contribution is 2.22. The van der Waals surface area contributed by atoms with Gasteiger partial charge >= 0.3 is 0 Å². The van der Waals surface area contributed by atoms with Gasteiger partial charge in [0.15, 0.2) is 0 Å². The van der Waals surface area contributed by atoms with E-state index in [2.05, 4.69) is 30.8 Å². The first kappa shape index (κ1) is 12.6. The van der Waals surface area contributed by atoms with Gasteiger partial charge in [0, 0.05) is 17.9 Å². The van der Waals surface area contributed by atoms with Crippen LogP contribution in [0, 0.1) is 6.92 Å². The number of methoxy groups -OCH3 is 1. The summed E-state index contributed by atoms with van der Waals surface area (Å²) < 4.78 is 10.6. The molecule has 0 aromatic carbocycles. The molecule has 2 rings (SSSR count). The molecule has 0 bridgehead atoms. The number of rotatable bonds is 3. The van der Waals surface area contributed by atoms with E-state index in [9.17, 15) is 0 Å². The summed E-state index contributed by atoms with van der Waals surface area (Å²) in [4.78, 5) is 10.9. The second-order valence-corrected chi connectivity index (χ2v) is 4.54. The second-order valence-electron chi connectivity index (χ2n) is 3.89. The molecule has 1 aliphatic rings. The molecule has 0 amide bonds. The normalized spacial score (nSPS) is 20.4. The standard InChI is InChI=1S/C11H16BrN3O2/c1-8-13-10(5-11(14-8)16-2)15-3-4-17-7-9(15)6-12/h5,9H,3-4,6-7H2,1-2H3. The summed E-state index contributed by atoms with van der Waals surface area (Å²) in [7, 11) is 1.62. The second kappa shape index (κ2) is 5.64. The van der Waals surface area contributed by atoms with Crippen molar-refractivity contribution in [1.29, 1.82) is 0 Å². The topological polar surface area (TPSA) is 47.5 Å². The van der Waals surface area contributed by atoms with Crippen LogP contribution in [0.15, 0.2) is 6.07 Å². The molecular formula is C11H16BrN3O2.